The van der Waals surface area contributed by atoms with Crippen LogP contribution in [0.2, 0.25) is 0 Å². The Kier molecular flexibility index (Phi) is 25.3. The Labute approximate surface area is 459 Å². The first kappa shape index (κ1) is 57.5. The zero-order chi connectivity index (χ0) is 50.3. The molecule has 6 nitrogen and oxygen atoms in total. The monoisotopic (exact) mass is 1080 g/mol. The normalized spacial score (nSPS) is 12.1. The lowest BCUT2D eigenvalue weighted by Gasteiger charge is -2.15. The molecule has 0 aliphatic rings. The van der Waals surface area contributed by atoms with Gasteiger partial charge in [-0.05, 0) is 109 Å². The van der Waals surface area contributed by atoms with Crippen molar-refractivity contribution in [1.29, 1.82) is 0 Å². The van der Waals surface area contributed by atoms with Gasteiger partial charge in [-0.1, -0.05) is 157 Å². The van der Waals surface area contributed by atoms with Crippen LogP contribution in [-0.4, -0.2) is 64.4 Å². The van der Waals surface area contributed by atoms with E-state index in [4.69, 9.17) is 29.9 Å². The first-order valence-electron chi connectivity index (χ1n) is 28.3. The molecular formula is C60H84N6S6. The second kappa shape index (κ2) is 31.7. The SMILES string of the molecule is CCCCCCSc1cc2nc3c4nc5cc(SCCCCCC)c(SCCCCCC)cc5nc4c4nc5cc(SCCCCCC)c(SCCCCCC)cc5nc4c3nc2cc1SCCCCCC. The van der Waals surface area contributed by atoms with Gasteiger partial charge in [0, 0.05) is 29.4 Å². The maximum atomic E-state index is 5.59. The maximum Gasteiger partial charge on any atom is 0.120 e. The van der Waals surface area contributed by atoms with Gasteiger partial charge < -0.3 is 0 Å². The van der Waals surface area contributed by atoms with Gasteiger partial charge in [-0.15, -0.1) is 70.6 Å². The molecule has 72 heavy (non-hydrogen) atoms. The number of unbranched alkanes of at least 4 members (excludes halogenated alkanes) is 18. The minimum absolute atomic E-state index is 0.764. The predicted octanol–water partition coefficient (Wildman–Crippen LogP) is 21.0. The van der Waals surface area contributed by atoms with E-state index in [0.29, 0.717) is 0 Å². The predicted molar refractivity (Wildman–Crippen MR) is 327 cm³/mol. The van der Waals surface area contributed by atoms with Gasteiger partial charge in [0.15, 0.2) is 0 Å². The first-order valence-corrected chi connectivity index (χ1v) is 34.3. The highest BCUT2D eigenvalue weighted by molar-refractivity contribution is 8.03. The molecular weight excluding hydrogens is 997 g/mol. The third-order valence-electron chi connectivity index (χ3n) is 13.4. The number of fused-ring (bicyclic) bond motifs is 9. The van der Waals surface area contributed by atoms with Gasteiger partial charge in [-0.3, -0.25) is 0 Å². The zero-order valence-electron chi connectivity index (χ0n) is 44.8. The minimum atomic E-state index is 0.764. The Bertz CT molecular complexity index is 2270. The van der Waals surface area contributed by atoms with E-state index in [1.807, 2.05) is 70.6 Å². The van der Waals surface area contributed by atoms with Crippen molar-refractivity contribution in [3.63, 3.8) is 0 Å². The smallest absolute Gasteiger partial charge is 0.120 e. The van der Waals surface area contributed by atoms with Crippen molar-refractivity contribution in [2.24, 2.45) is 0 Å². The summed E-state index contributed by atoms with van der Waals surface area (Å²) in [5.74, 6) is 6.66. The highest BCUT2D eigenvalue weighted by Crippen LogP contribution is 2.42. The average molecular weight is 1080 g/mol. The van der Waals surface area contributed by atoms with Crippen LogP contribution in [0.25, 0.3) is 66.2 Å². The summed E-state index contributed by atoms with van der Waals surface area (Å²) >= 11 is 11.9. The first-order chi connectivity index (χ1) is 35.5. The molecule has 0 aliphatic heterocycles. The lowest BCUT2D eigenvalue weighted by atomic mass is 10.1. The molecule has 3 heterocycles. The van der Waals surface area contributed by atoms with Crippen LogP contribution in [0.4, 0.5) is 0 Å². The number of hydrogen-bond donors (Lipinski definition) is 0. The number of nitrogens with zero attached hydrogens (tertiary/aromatic N) is 6. The third-order valence-corrected chi connectivity index (χ3v) is 20.6. The Morgan fingerprint density at radius 3 is 0.514 bits per heavy atom. The highest BCUT2D eigenvalue weighted by atomic mass is 32.2. The minimum Gasteiger partial charge on any atom is -0.242 e. The zero-order valence-corrected chi connectivity index (χ0v) is 49.7. The van der Waals surface area contributed by atoms with E-state index in [1.165, 1.54) is 183 Å². The molecule has 12 heteroatoms. The van der Waals surface area contributed by atoms with Crippen LogP contribution in [0.3, 0.4) is 0 Å². The van der Waals surface area contributed by atoms with E-state index in [0.717, 1.165) is 101 Å². The highest BCUT2D eigenvalue weighted by Gasteiger charge is 2.22. The molecule has 0 atom stereocenters. The fraction of sp³-hybridized carbons (Fsp3) is 0.600. The lowest BCUT2D eigenvalue weighted by molar-refractivity contribution is 0.706. The molecule has 4 aromatic carbocycles. The van der Waals surface area contributed by atoms with E-state index < -0.39 is 0 Å². The molecule has 0 unspecified atom stereocenters. The summed E-state index contributed by atoms with van der Waals surface area (Å²) in [6, 6.07) is 13.9. The Morgan fingerprint density at radius 2 is 0.375 bits per heavy atom. The Hall–Kier alpha value is -2.22. The van der Waals surface area contributed by atoms with Crippen LogP contribution in [0.5, 0.6) is 0 Å². The molecule has 0 saturated carbocycles. The Balaban J connectivity index is 1.43. The van der Waals surface area contributed by atoms with Crippen molar-refractivity contribution in [2.45, 2.75) is 225 Å². The number of rotatable bonds is 36. The second-order valence-electron chi connectivity index (χ2n) is 19.6. The van der Waals surface area contributed by atoms with Crippen molar-refractivity contribution < 1.29 is 0 Å². The average Bonchev–Trinajstić information content (AvgIpc) is 3.39. The van der Waals surface area contributed by atoms with Crippen LogP contribution in [0.1, 0.15) is 196 Å². The molecule has 7 rings (SSSR count). The van der Waals surface area contributed by atoms with Gasteiger partial charge in [-0.2, -0.15) is 0 Å². The van der Waals surface area contributed by atoms with Crippen molar-refractivity contribution in [2.75, 3.05) is 34.5 Å². The molecule has 7 aromatic rings. The van der Waals surface area contributed by atoms with E-state index >= 15 is 0 Å². The Morgan fingerprint density at radius 1 is 0.222 bits per heavy atom. The quantitative estimate of drug-likeness (QED) is 0.0162. The molecule has 0 N–H and O–H groups in total. The van der Waals surface area contributed by atoms with Gasteiger partial charge in [0.05, 0.1) is 33.1 Å². The third kappa shape index (κ3) is 16.4. The van der Waals surface area contributed by atoms with Crippen LogP contribution in [0.15, 0.2) is 65.8 Å². The van der Waals surface area contributed by atoms with E-state index in [-0.39, 0.29) is 0 Å². The fourth-order valence-electron chi connectivity index (χ4n) is 9.13. The van der Waals surface area contributed by atoms with Crippen LogP contribution >= 0.6 is 70.6 Å². The van der Waals surface area contributed by atoms with Gasteiger partial charge in [0.1, 0.15) is 33.1 Å². The van der Waals surface area contributed by atoms with Gasteiger partial charge in [0.2, 0.25) is 0 Å². The maximum absolute atomic E-state index is 5.59. The van der Waals surface area contributed by atoms with Crippen molar-refractivity contribution in [3.8, 4) is 0 Å². The summed E-state index contributed by atoms with van der Waals surface area (Å²) in [7, 11) is 0. The molecule has 0 spiro atoms. The summed E-state index contributed by atoms with van der Waals surface area (Å²) < 4.78 is 0. The molecule has 3 aromatic heterocycles. The molecule has 0 radical (unpaired) electrons. The molecule has 0 amide bonds. The van der Waals surface area contributed by atoms with E-state index in [9.17, 15) is 0 Å². The van der Waals surface area contributed by atoms with Crippen molar-refractivity contribution in [1.82, 2.24) is 29.9 Å². The largest absolute Gasteiger partial charge is 0.242 e. The topological polar surface area (TPSA) is 77.3 Å². The fourth-order valence-corrected chi connectivity index (χ4v) is 16.0. The van der Waals surface area contributed by atoms with Crippen LogP contribution in [-0.2, 0) is 0 Å². The molecule has 0 saturated heterocycles. The summed E-state index contributed by atoms with van der Waals surface area (Å²) in [6.07, 6.45) is 30.3. The molecule has 0 aliphatic carbocycles. The van der Waals surface area contributed by atoms with E-state index in [2.05, 4.69) is 77.9 Å². The van der Waals surface area contributed by atoms with Crippen molar-refractivity contribution >= 4 is 137 Å². The summed E-state index contributed by atoms with van der Waals surface area (Å²) in [6.45, 7) is 13.8. The van der Waals surface area contributed by atoms with Gasteiger partial charge >= 0.3 is 0 Å². The number of hydrogen-bond acceptors (Lipinski definition) is 12. The van der Waals surface area contributed by atoms with Gasteiger partial charge in [0.25, 0.3) is 0 Å². The number of aromatic nitrogens is 6. The summed E-state index contributed by atoms with van der Waals surface area (Å²) in [5, 5.41) is 0. The molecule has 0 bridgehead atoms. The number of benzene rings is 4. The van der Waals surface area contributed by atoms with Crippen molar-refractivity contribution in [3.05, 3.63) is 36.4 Å². The van der Waals surface area contributed by atoms with Gasteiger partial charge in [-0.25, -0.2) is 29.9 Å². The second-order valence-corrected chi connectivity index (χ2v) is 26.4. The standard InChI is InChI=1S/C60H84N6S6/c1-7-13-19-25-31-67-49-37-43-44(38-50(49)68-32-26-20-14-8-2)62-56-55(61-43)57-59(65-46-40-52(70-34-28-22-16-10-4)51(39-45(46)63-57)69-33-27-21-15-9-3)60-58(56)64-47-41-53(71-35-29-23-17-11-5)54(42-48(47)66-60)72-36-30-24-18-12-6/h37-42H,7-36H2,1-6H3. The van der Waals surface area contributed by atoms with Crippen LogP contribution in [0, 0.1) is 0 Å². The summed E-state index contributed by atoms with van der Waals surface area (Å²) in [4.78, 5) is 41.4. The lowest BCUT2D eigenvalue weighted by Crippen LogP contribution is -2.00. The molecule has 390 valence electrons. The summed E-state index contributed by atoms with van der Waals surface area (Å²) in [5.41, 5.74) is 10.0. The van der Waals surface area contributed by atoms with E-state index in [1.54, 1.807) is 0 Å². The van der Waals surface area contributed by atoms with Crippen LogP contribution < -0.4 is 0 Å². The number of thioether (sulfide) groups is 6. The molecule has 0 fully saturated rings.